The minimum Gasteiger partial charge on any atom is -0.366 e. The molecule has 2 heterocycles. The molecule has 6 nitrogen and oxygen atoms in total. The first-order chi connectivity index (χ1) is 12.7. The number of nitrogens with zero attached hydrogens (tertiary/aromatic N) is 4. The molecule has 3 rings (SSSR count). The van der Waals surface area contributed by atoms with E-state index in [1.165, 1.54) is 12.5 Å². The SMILES string of the molecule is CN=C(NCC(=O)N1CCCCC1)N1CCN(c2ccccc2F)CC1.I. The van der Waals surface area contributed by atoms with Gasteiger partial charge in [-0.15, -0.1) is 24.0 Å². The Morgan fingerprint density at radius 3 is 2.33 bits per heavy atom. The van der Waals surface area contributed by atoms with Gasteiger partial charge in [-0.2, -0.15) is 0 Å². The average Bonchev–Trinajstić information content (AvgIpc) is 2.70. The van der Waals surface area contributed by atoms with Crippen LogP contribution in [0.1, 0.15) is 19.3 Å². The predicted molar refractivity (Wildman–Crippen MR) is 117 cm³/mol. The van der Waals surface area contributed by atoms with Crippen LogP contribution in [-0.2, 0) is 4.79 Å². The first-order valence-electron chi connectivity index (χ1n) is 9.42. The van der Waals surface area contributed by atoms with Crippen molar-refractivity contribution in [3.63, 3.8) is 0 Å². The minimum atomic E-state index is -0.185. The van der Waals surface area contributed by atoms with E-state index in [1.807, 2.05) is 17.0 Å². The fourth-order valence-corrected chi connectivity index (χ4v) is 3.61. The highest BCUT2D eigenvalue weighted by molar-refractivity contribution is 14.0. The van der Waals surface area contributed by atoms with E-state index in [-0.39, 0.29) is 42.2 Å². The van der Waals surface area contributed by atoms with Crippen molar-refractivity contribution in [2.45, 2.75) is 19.3 Å². The molecule has 0 bridgehead atoms. The van der Waals surface area contributed by atoms with Crippen LogP contribution < -0.4 is 10.2 Å². The monoisotopic (exact) mass is 489 g/mol. The summed E-state index contributed by atoms with van der Waals surface area (Å²) in [7, 11) is 1.73. The number of halogens is 2. The summed E-state index contributed by atoms with van der Waals surface area (Å²) in [5.41, 5.74) is 0.648. The zero-order valence-corrected chi connectivity index (χ0v) is 18.2. The lowest BCUT2D eigenvalue weighted by molar-refractivity contribution is -0.130. The summed E-state index contributed by atoms with van der Waals surface area (Å²) >= 11 is 0. The molecule has 2 aliphatic rings. The summed E-state index contributed by atoms with van der Waals surface area (Å²) < 4.78 is 13.9. The van der Waals surface area contributed by atoms with Crippen molar-refractivity contribution < 1.29 is 9.18 Å². The molecule has 0 aromatic heterocycles. The Kier molecular flexibility index (Phi) is 8.59. The molecular formula is C19H29FIN5O. The zero-order chi connectivity index (χ0) is 18.4. The standard InChI is InChI=1S/C19H28FN5O.HI/c1-21-19(22-15-18(26)24-9-5-2-6-10-24)25-13-11-23(12-14-25)17-8-4-3-7-16(17)20;/h3-4,7-8H,2,5-6,9-15H2,1H3,(H,21,22);1H. The molecule has 0 aliphatic carbocycles. The molecule has 0 radical (unpaired) electrons. The van der Waals surface area contributed by atoms with Crippen LogP contribution in [0.3, 0.4) is 0 Å². The van der Waals surface area contributed by atoms with E-state index in [1.54, 1.807) is 13.1 Å². The van der Waals surface area contributed by atoms with Gasteiger partial charge in [0.1, 0.15) is 5.82 Å². The molecule has 0 unspecified atom stereocenters. The van der Waals surface area contributed by atoms with Gasteiger partial charge >= 0.3 is 0 Å². The topological polar surface area (TPSA) is 51.2 Å². The van der Waals surface area contributed by atoms with Crippen LogP contribution in [0.5, 0.6) is 0 Å². The first-order valence-corrected chi connectivity index (χ1v) is 9.42. The van der Waals surface area contributed by atoms with Gasteiger partial charge in [-0.1, -0.05) is 12.1 Å². The molecule has 150 valence electrons. The molecular weight excluding hydrogens is 460 g/mol. The summed E-state index contributed by atoms with van der Waals surface area (Å²) in [6.45, 7) is 4.93. The Balaban J connectivity index is 0.00000261. The second kappa shape index (κ2) is 10.7. The fraction of sp³-hybridized carbons (Fsp3) is 0.579. The van der Waals surface area contributed by atoms with Gasteiger partial charge in [-0.3, -0.25) is 9.79 Å². The first kappa shape index (κ1) is 21.7. The molecule has 1 aromatic carbocycles. The Morgan fingerprint density at radius 1 is 1.04 bits per heavy atom. The minimum absolute atomic E-state index is 0. The van der Waals surface area contributed by atoms with E-state index in [9.17, 15) is 9.18 Å². The van der Waals surface area contributed by atoms with Crippen LogP contribution in [0, 0.1) is 5.82 Å². The number of aliphatic imine (C=N–C) groups is 1. The van der Waals surface area contributed by atoms with Crippen LogP contribution in [0.2, 0.25) is 0 Å². The third-order valence-corrected chi connectivity index (χ3v) is 5.09. The number of anilines is 1. The van der Waals surface area contributed by atoms with Crippen molar-refractivity contribution in [2.75, 3.05) is 57.8 Å². The van der Waals surface area contributed by atoms with Crippen LogP contribution >= 0.6 is 24.0 Å². The number of likely N-dealkylation sites (tertiary alicyclic amines) is 1. The van der Waals surface area contributed by atoms with E-state index in [4.69, 9.17) is 0 Å². The van der Waals surface area contributed by atoms with Crippen LogP contribution in [0.15, 0.2) is 29.3 Å². The molecule has 27 heavy (non-hydrogen) atoms. The number of para-hydroxylation sites is 1. The number of amides is 1. The Bertz CT molecular complexity index is 643. The zero-order valence-electron chi connectivity index (χ0n) is 15.9. The molecule has 0 saturated carbocycles. The van der Waals surface area contributed by atoms with Crippen molar-refractivity contribution >= 4 is 41.5 Å². The summed E-state index contributed by atoms with van der Waals surface area (Å²) in [5, 5.41) is 3.19. The number of carbonyl (C=O) groups excluding carboxylic acids is 1. The van der Waals surface area contributed by atoms with Crippen molar-refractivity contribution in [3.8, 4) is 0 Å². The second-order valence-electron chi connectivity index (χ2n) is 6.77. The summed E-state index contributed by atoms with van der Waals surface area (Å²) in [6.07, 6.45) is 3.40. The van der Waals surface area contributed by atoms with Crippen molar-refractivity contribution in [1.82, 2.24) is 15.1 Å². The highest BCUT2D eigenvalue weighted by Gasteiger charge is 2.22. The maximum absolute atomic E-state index is 13.9. The number of piperidine rings is 1. The van der Waals surface area contributed by atoms with Gasteiger partial charge < -0.3 is 20.0 Å². The van der Waals surface area contributed by atoms with Gasteiger partial charge in [0, 0.05) is 46.3 Å². The quantitative estimate of drug-likeness (QED) is 0.402. The van der Waals surface area contributed by atoms with Crippen LogP contribution in [0.4, 0.5) is 10.1 Å². The van der Waals surface area contributed by atoms with E-state index in [0.29, 0.717) is 5.69 Å². The van der Waals surface area contributed by atoms with Crippen LogP contribution in [-0.4, -0.2) is 74.5 Å². The largest absolute Gasteiger partial charge is 0.366 e. The molecule has 0 spiro atoms. The normalized spacial score (nSPS) is 18.1. The smallest absolute Gasteiger partial charge is 0.241 e. The van der Waals surface area contributed by atoms with E-state index in [2.05, 4.69) is 20.1 Å². The molecule has 2 saturated heterocycles. The highest BCUT2D eigenvalue weighted by Crippen LogP contribution is 2.20. The number of rotatable bonds is 3. The number of hydrogen-bond donors (Lipinski definition) is 1. The van der Waals surface area contributed by atoms with Gasteiger partial charge in [0.25, 0.3) is 0 Å². The summed E-state index contributed by atoms with van der Waals surface area (Å²) in [4.78, 5) is 22.7. The van der Waals surface area contributed by atoms with Gasteiger partial charge in [-0.05, 0) is 31.4 Å². The van der Waals surface area contributed by atoms with Gasteiger partial charge in [0.2, 0.25) is 5.91 Å². The summed E-state index contributed by atoms with van der Waals surface area (Å²) in [6, 6.07) is 6.88. The number of piperazine rings is 1. The molecule has 8 heteroatoms. The van der Waals surface area contributed by atoms with Crippen LogP contribution in [0.25, 0.3) is 0 Å². The third-order valence-electron chi connectivity index (χ3n) is 5.09. The molecule has 1 amide bonds. The molecule has 2 aliphatic heterocycles. The second-order valence-corrected chi connectivity index (χ2v) is 6.77. The molecule has 0 atom stereocenters. The average molecular weight is 489 g/mol. The van der Waals surface area contributed by atoms with Gasteiger partial charge in [0.05, 0.1) is 12.2 Å². The maximum Gasteiger partial charge on any atom is 0.241 e. The highest BCUT2D eigenvalue weighted by atomic mass is 127. The number of carbonyl (C=O) groups is 1. The van der Waals surface area contributed by atoms with Crippen molar-refractivity contribution in [2.24, 2.45) is 4.99 Å². The molecule has 2 fully saturated rings. The van der Waals surface area contributed by atoms with E-state index >= 15 is 0 Å². The molecule has 1 aromatic rings. The molecule has 1 N–H and O–H groups in total. The Labute approximate surface area is 177 Å². The van der Waals surface area contributed by atoms with Gasteiger partial charge in [0.15, 0.2) is 5.96 Å². The number of nitrogens with one attached hydrogen (secondary N) is 1. The lowest BCUT2D eigenvalue weighted by atomic mass is 10.1. The predicted octanol–water partition coefficient (Wildman–Crippen LogP) is 2.15. The van der Waals surface area contributed by atoms with Crippen molar-refractivity contribution in [1.29, 1.82) is 0 Å². The number of guanidine groups is 1. The Hall–Kier alpha value is -1.58. The number of benzene rings is 1. The lowest BCUT2D eigenvalue weighted by Crippen LogP contribution is -2.54. The van der Waals surface area contributed by atoms with Gasteiger partial charge in [-0.25, -0.2) is 4.39 Å². The fourth-order valence-electron chi connectivity index (χ4n) is 3.61. The maximum atomic E-state index is 13.9. The van der Waals surface area contributed by atoms with E-state index < -0.39 is 0 Å². The lowest BCUT2D eigenvalue weighted by Gasteiger charge is -2.38. The third kappa shape index (κ3) is 5.70. The summed E-state index contributed by atoms with van der Waals surface area (Å²) in [5.74, 6) is 0.690. The number of hydrogen-bond acceptors (Lipinski definition) is 3. The Morgan fingerprint density at radius 2 is 1.70 bits per heavy atom. The van der Waals surface area contributed by atoms with E-state index in [0.717, 1.165) is 58.1 Å². The van der Waals surface area contributed by atoms with Crippen molar-refractivity contribution in [3.05, 3.63) is 30.1 Å².